The van der Waals surface area contributed by atoms with Gasteiger partial charge in [-0.25, -0.2) is 9.37 Å². The molecule has 1 aromatic heterocycles. The van der Waals surface area contributed by atoms with Crippen molar-refractivity contribution < 1.29 is 9.18 Å². The van der Waals surface area contributed by atoms with E-state index in [2.05, 4.69) is 22.2 Å². The number of aromatic nitrogens is 2. The molecule has 0 saturated heterocycles. The lowest BCUT2D eigenvalue weighted by Gasteiger charge is -2.06. The number of rotatable bonds is 7. The van der Waals surface area contributed by atoms with Gasteiger partial charge in [0.15, 0.2) is 5.16 Å². The minimum absolute atomic E-state index is 0.0362. The minimum Gasteiger partial charge on any atom is -0.323 e. The van der Waals surface area contributed by atoms with Gasteiger partial charge in [0.1, 0.15) is 5.82 Å². The van der Waals surface area contributed by atoms with Crippen LogP contribution in [0.15, 0.2) is 40.3 Å². The predicted octanol–water partition coefficient (Wildman–Crippen LogP) is 2.98. The number of hydrogen-bond donors (Lipinski definition) is 2. The van der Waals surface area contributed by atoms with E-state index in [1.165, 1.54) is 18.2 Å². The highest BCUT2D eigenvalue weighted by molar-refractivity contribution is 7.99. The molecule has 0 radical (unpaired) electrons. The number of anilines is 1. The predicted molar refractivity (Wildman–Crippen MR) is 89.2 cm³/mol. The SMILES string of the molecule is CCCCc1cc(=O)[nH]c(SCC(=O)Nc2ccccc2F)n1. The molecule has 1 aromatic carbocycles. The van der Waals surface area contributed by atoms with E-state index in [-0.39, 0.29) is 22.9 Å². The molecule has 0 atom stereocenters. The van der Waals surface area contributed by atoms with Crippen molar-refractivity contribution in [2.24, 2.45) is 0 Å². The Kier molecular flexibility index (Phi) is 6.34. The number of carbonyl (C=O) groups excluding carboxylic acids is 1. The first kappa shape index (κ1) is 17.2. The fourth-order valence-corrected chi connectivity index (χ4v) is 2.62. The number of amides is 1. The third-order valence-corrected chi connectivity index (χ3v) is 3.92. The van der Waals surface area contributed by atoms with E-state index in [1.807, 2.05) is 0 Å². The first-order valence-electron chi connectivity index (χ1n) is 7.36. The van der Waals surface area contributed by atoms with Gasteiger partial charge in [-0.3, -0.25) is 9.59 Å². The van der Waals surface area contributed by atoms with Crippen LogP contribution in [-0.2, 0) is 11.2 Å². The third kappa shape index (κ3) is 5.52. The van der Waals surface area contributed by atoms with E-state index < -0.39 is 5.82 Å². The largest absolute Gasteiger partial charge is 0.323 e. The van der Waals surface area contributed by atoms with E-state index in [4.69, 9.17) is 0 Å². The van der Waals surface area contributed by atoms with Crippen LogP contribution in [0, 0.1) is 5.82 Å². The summed E-state index contributed by atoms with van der Waals surface area (Å²) >= 11 is 1.11. The number of thioether (sulfide) groups is 1. The molecule has 0 unspecified atom stereocenters. The third-order valence-electron chi connectivity index (χ3n) is 3.05. The molecule has 0 bridgehead atoms. The standard InChI is InChI=1S/C16H18FN3O2S/c1-2-3-6-11-9-14(21)20-16(18-11)23-10-15(22)19-13-8-5-4-7-12(13)17/h4-5,7-9H,2-3,6,10H2,1H3,(H,19,22)(H,18,20,21). The molecule has 0 aliphatic rings. The van der Waals surface area contributed by atoms with Crippen molar-refractivity contribution in [1.82, 2.24) is 9.97 Å². The van der Waals surface area contributed by atoms with E-state index in [0.29, 0.717) is 10.9 Å². The molecule has 2 rings (SSSR count). The molecule has 23 heavy (non-hydrogen) atoms. The van der Waals surface area contributed by atoms with Gasteiger partial charge in [-0.05, 0) is 25.0 Å². The quantitative estimate of drug-likeness (QED) is 0.602. The Bertz CT molecular complexity index is 733. The minimum atomic E-state index is -0.487. The highest BCUT2D eigenvalue weighted by Gasteiger charge is 2.09. The summed E-state index contributed by atoms with van der Waals surface area (Å²) in [6, 6.07) is 7.43. The number of halogens is 1. The van der Waals surface area contributed by atoms with Crippen molar-refractivity contribution in [3.05, 3.63) is 52.2 Å². The van der Waals surface area contributed by atoms with Gasteiger partial charge >= 0.3 is 0 Å². The number of unbranched alkanes of at least 4 members (excludes halogenated alkanes) is 1. The van der Waals surface area contributed by atoms with Crippen LogP contribution in [-0.4, -0.2) is 21.6 Å². The van der Waals surface area contributed by atoms with Crippen molar-refractivity contribution in [1.29, 1.82) is 0 Å². The first-order chi connectivity index (χ1) is 11.1. The van der Waals surface area contributed by atoms with Crippen LogP contribution in [0.5, 0.6) is 0 Å². The number of aromatic amines is 1. The fraction of sp³-hybridized carbons (Fsp3) is 0.312. The van der Waals surface area contributed by atoms with Crippen molar-refractivity contribution in [3.8, 4) is 0 Å². The zero-order chi connectivity index (χ0) is 16.7. The number of nitrogens with one attached hydrogen (secondary N) is 2. The molecule has 0 aliphatic heterocycles. The smallest absolute Gasteiger partial charge is 0.251 e. The molecule has 2 N–H and O–H groups in total. The highest BCUT2D eigenvalue weighted by atomic mass is 32.2. The van der Waals surface area contributed by atoms with Gasteiger partial charge in [-0.2, -0.15) is 0 Å². The first-order valence-corrected chi connectivity index (χ1v) is 8.34. The Morgan fingerprint density at radius 2 is 2.17 bits per heavy atom. The number of para-hydroxylation sites is 1. The lowest BCUT2D eigenvalue weighted by molar-refractivity contribution is -0.113. The van der Waals surface area contributed by atoms with Crippen molar-refractivity contribution in [2.45, 2.75) is 31.3 Å². The maximum absolute atomic E-state index is 13.5. The highest BCUT2D eigenvalue weighted by Crippen LogP contribution is 2.15. The van der Waals surface area contributed by atoms with Gasteiger partial charge in [0, 0.05) is 11.8 Å². The summed E-state index contributed by atoms with van der Waals surface area (Å²) in [5, 5.41) is 2.89. The van der Waals surface area contributed by atoms with Crippen LogP contribution in [0.25, 0.3) is 0 Å². The molecule has 7 heteroatoms. The van der Waals surface area contributed by atoms with E-state index in [9.17, 15) is 14.0 Å². The average Bonchev–Trinajstić information content (AvgIpc) is 2.53. The number of aryl methyl sites for hydroxylation is 1. The van der Waals surface area contributed by atoms with Gasteiger partial charge in [0.2, 0.25) is 5.91 Å². The summed E-state index contributed by atoms with van der Waals surface area (Å²) in [6.45, 7) is 2.07. The van der Waals surface area contributed by atoms with Crippen molar-refractivity contribution >= 4 is 23.4 Å². The topological polar surface area (TPSA) is 74.8 Å². The molecule has 0 aliphatic carbocycles. The molecule has 1 amide bonds. The van der Waals surface area contributed by atoms with Gasteiger partial charge in [0.05, 0.1) is 11.4 Å². The lowest BCUT2D eigenvalue weighted by Crippen LogP contribution is -2.16. The normalized spacial score (nSPS) is 10.5. The molecular weight excluding hydrogens is 317 g/mol. The number of H-pyrrole nitrogens is 1. The Morgan fingerprint density at radius 3 is 2.91 bits per heavy atom. The molecule has 5 nitrogen and oxygen atoms in total. The van der Waals surface area contributed by atoms with E-state index >= 15 is 0 Å². The summed E-state index contributed by atoms with van der Waals surface area (Å²) in [7, 11) is 0. The number of carbonyl (C=O) groups is 1. The molecule has 1 heterocycles. The van der Waals surface area contributed by atoms with Crippen molar-refractivity contribution in [3.63, 3.8) is 0 Å². The second kappa shape index (κ2) is 8.47. The van der Waals surface area contributed by atoms with Gasteiger partial charge in [-0.1, -0.05) is 37.2 Å². The number of nitrogens with zero attached hydrogens (tertiary/aromatic N) is 1. The van der Waals surface area contributed by atoms with E-state index in [0.717, 1.165) is 31.0 Å². The zero-order valence-corrected chi connectivity index (χ0v) is 13.6. The summed E-state index contributed by atoms with van der Waals surface area (Å²) in [4.78, 5) is 30.4. The summed E-state index contributed by atoms with van der Waals surface area (Å²) < 4.78 is 13.5. The molecule has 0 spiro atoms. The molecule has 0 fully saturated rings. The lowest BCUT2D eigenvalue weighted by atomic mass is 10.2. The average molecular weight is 335 g/mol. The second-order valence-electron chi connectivity index (χ2n) is 4.96. The van der Waals surface area contributed by atoms with Gasteiger partial charge in [-0.15, -0.1) is 0 Å². The fourth-order valence-electron chi connectivity index (χ4n) is 1.92. The van der Waals surface area contributed by atoms with Crippen LogP contribution < -0.4 is 10.9 Å². The molecule has 0 saturated carbocycles. The molecular formula is C16H18FN3O2S. The van der Waals surface area contributed by atoms with Crippen LogP contribution >= 0.6 is 11.8 Å². The Hall–Kier alpha value is -2.15. The van der Waals surface area contributed by atoms with Crippen molar-refractivity contribution in [2.75, 3.05) is 11.1 Å². The van der Waals surface area contributed by atoms with Gasteiger partial charge in [0.25, 0.3) is 5.56 Å². The van der Waals surface area contributed by atoms with Crippen LogP contribution in [0.3, 0.4) is 0 Å². The zero-order valence-electron chi connectivity index (χ0n) is 12.8. The second-order valence-corrected chi connectivity index (χ2v) is 5.93. The Morgan fingerprint density at radius 1 is 1.39 bits per heavy atom. The monoisotopic (exact) mass is 335 g/mol. The summed E-state index contributed by atoms with van der Waals surface area (Å²) in [5.74, 6) is -0.810. The van der Waals surface area contributed by atoms with E-state index in [1.54, 1.807) is 12.1 Å². The van der Waals surface area contributed by atoms with Crippen LogP contribution in [0.2, 0.25) is 0 Å². The number of benzene rings is 1. The van der Waals surface area contributed by atoms with Crippen LogP contribution in [0.4, 0.5) is 10.1 Å². The van der Waals surface area contributed by atoms with Crippen LogP contribution in [0.1, 0.15) is 25.5 Å². The number of hydrogen-bond acceptors (Lipinski definition) is 4. The summed E-state index contributed by atoms with van der Waals surface area (Å²) in [6.07, 6.45) is 2.70. The Balaban J connectivity index is 1.95. The Labute approximate surface area is 137 Å². The summed E-state index contributed by atoms with van der Waals surface area (Å²) in [5.41, 5.74) is 0.618. The maximum Gasteiger partial charge on any atom is 0.251 e. The molecule has 122 valence electrons. The van der Waals surface area contributed by atoms with Gasteiger partial charge < -0.3 is 10.3 Å². The molecule has 2 aromatic rings. The maximum atomic E-state index is 13.5.